The van der Waals surface area contributed by atoms with E-state index in [1.807, 2.05) is 60.7 Å². The molecule has 0 spiro atoms. The third-order valence-corrected chi connectivity index (χ3v) is 3.17. The van der Waals surface area contributed by atoms with Gasteiger partial charge < -0.3 is 4.74 Å². The van der Waals surface area contributed by atoms with Crippen LogP contribution in [0.3, 0.4) is 0 Å². The number of hydrogen-bond acceptors (Lipinski definition) is 2. The zero-order valence-electron chi connectivity index (χ0n) is 11.7. The molecule has 2 nitrogen and oxygen atoms in total. The van der Waals surface area contributed by atoms with Crippen molar-refractivity contribution in [2.75, 3.05) is 6.61 Å². The Morgan fingerprint density at radius 3 is 1.77 bits per heavy atom. The van der Waals surface area contributed by atoms with Gasteiger partial charge in [-0.15, -0.1) is 0 Å². The van der Waals surface area contributed by atoms with E-state index in [0.29, 0.717) is 0 Å². The highest BCUT2D eigenvalue weighted by Gasteiger charge is 2.30. The fourth-order valence-corrected chi connectivity index (χ4v) is 2.19. The van der Waals surface area contributed by atoms with Crippen molar-refractivity contribution in [3.8, 4) is 0 Å². The second kappa shape index (κ2) is 7.11. The maximum absolute atomic E-state index is 12.1. The summed E-state index contributed by atoms with van der Waals surface area (Å²) < 4.78 is 40.7. The summed E-state index contributed by atoms with van der Waals surface area (Å²) in [7, 11) is 0. The lowest BCUT2D eigenvalue weighted by Crippen LogP contribution is -2.21. The molecule has 0 aromatic heterocycles. The number of benzene rings is 2. The molecule has 116 valence electrons. The Kier molecular flexibility index (Phi) is 5.20. The predicted molar refractivity (Wildman–Crippen MR) is 76.4 cm³/mol. The summed E-state index contributed by atoms with van der Waals surface area (Å²) >= 11 is 0. The van der Waals surface area contributed by atoms with Gasteiger partial charge in [0.25, 0.3) is 0 Å². The van der Waals surface area contributed by atoms with E-state index in [9.17, 15) is 18.0 Å². The van der Waals surface area contributed by atoms with Gasteiger partial charge in [0, 0.05) is 5.92 Å². The van der Waals surface area contributed by atoms with Crippen molar-refractivity contribution < 1.29 is 22.7 Å². The summed E-state index contributed by atoms with van der Waals surface area (Å²) in [5, 5.41) is 0. The third-order valence-electron chi connectivity index (χ3n) is 3.17. The van der Waals surface area contributed by atoms with Crippen LogP contribution in [0.5, 0.6) is 0 Å². The number of rotatable bonds is 5. The highest BCUT2D eigenvalue weighted by atomic mass is 19.4. The molecule has 0 atom stereocenters. The predicted octanol–water partition coefficient (Wildman–Crippen LogP) is 4.31. The van der Waals surface area contributed by atoms with Crippen LogP contribution in [0.25, 0.3) is 0 Å². The molecule has 22 heavy (non-hydrogen) atoms. The molecule has 0 bridgehead atoms. The normalized spacial score (nSPS) is 11.5. The molecular weight excluding hydrogens is 293 g/mol. The minimum absolute atomic E-state index is 0.135. The van der Waals surface area contributed by atoms with E-state index in [4.69, 9.17) is 0 Å². The molecule has 5 heteroatoms. The van der Waals surface area contributed by atoms with E-state index < -0.39 is 18.8 Å². The molecule has 0 heterocycles. The van der Waals surface area contributed by atoms with Crippen molar-refractivity contribution in [3.63, 3.8) is 0 Å². The van der Waals surface area contributed by atoms with Crippen molar-refractivity contribution in [3.05, 3.63) is 71.8 Å². The lowest BCUT2D eigenvalue weighted by molar-refractivity contribution is -0.186. The van der Waals surface area contributed by atoms with Gasteiger partial charge in [-0.2, -0.15) is 13.2 Å². The monoisotopic (exact) mass is 308 g/mol. The second-order valence-electron chi connectivity index (χ2n) is 4.85. The van der Waals surface area contributed by atoms with Crippen LogP contribution in [0.15, 0.2) is 60.7 Å². The van der Waals surface area contributed by atoms with E-state index in [-0.39, 0.29) is 12.3 Å². The second-order valence-corrected chi connectivity index (χ2v) is 4.85. The van der Waals surface area contributed by atoms with Crippen LogP contribution in [-0.4, -0.2) is 18.8 Å². The van der Waals surface area contributed by atoms with Crippen molar-refractivity contribution in [2.45, 2.75) is 18.5 Å². The summed E-state index contributed by atoms with van der Waals surface area (Å²) in [6.07, 6.45) is -4.64. The molecule has 0 unspecified atom stereocenters. The molecule has 0 saturated carbocycles. The molecular formula is C17H15F3O2. The van der Waals surface area contributed by atoms with E-state index in [0.717, 1.165) is 11.1 Å². The van der Waals surface area contributed by atoms with Crippen LogP contribution in [0, 0.1) is 0 Å². The van der Waals surface area contributed by atoms with E-state index in [1.165, 1.54) is 0 Å². The van der Waals surface area contributed by atoms with Crippen molar-refractivity contribution >= 4 is 5.97 Å². The van der Waals surface area contributed by atoms with E-state index in [1.54, 1.807) is 0 Å². The zero-order valence-corrected chi connectivity index (χ0v) is 11.7. The number of hydrogen-bond donors (Lipinski definition) is 0. The maximum Gasteiger partial charge on any atom is 0.422 e. The lowest BCUT2D eigenvalue weighted by atomic mass is 9.89. The summed E-state index contributed by atoms with van der Waals surface area (Å²) in [6, 6.07) is 18.4. The average molecular weight is 308 g/mol. The number of esters is 1. The first-order valence-electron chi connectivity index (χ1n) is 6.78. The molecule has 0 aliphatic rings. The van der Waals surface area contributed by atoms with Crippen LogP contribution in [0.2, 0.25) is 0 Å². The number of halogens is 3. The highest BCUT2D eigenvalue weighted by Crippen LogP contribution is 2.28. The Morgan fingerprint density at radius 1 is 0.909 bits per heavy atom. The first-order chi connectivity index (χ1) is 10.5. The van der Waals surface area contributed by atoms with Gasteiger partial charge in [0.2, 0.25) is 0 Å². The van der Waals surface area contributed by atoms with Crippen LogP contribution >= 0.6 is 0 Å². The fourth-order valence-electron chi connectivity index (χ4n) is 2.19. The van der Waals surface area contributed by atoms with Gasteiger partial charge in [0.1, 0.15) is 0 Å². The van der Waals surface area contributed by atoms with Gasteiger partial charge in [0.15, 0.2) is 6.61 Å². The third kappa shape index (κ3) is 4.91. The minimum Gasteiger partial charge on any atom is -0.456 e. The van der Waals surface area contributed by atoms with Crippen LogP contribution in [-0.2, 0) is 9.53 Å². The highest BCUT2D eigenvalue weighted by molar-refractivity contribution is 5.71. The molecule has 0 aliphatic heterocycles. The Balaban J connectivity index is 2.14. The summed E-state index contributed by atoms with van der Waals surface area (Å²) in [4.78, 5) is 11.7. The fraction of sp³-hybridized carbons (Fsp3) is 0.235. The summed E-state index contributed by atoms with van der Waals surface area (Å²) in [6.45, 7) is -1.55. The molecule has 2 aromatic rings. The maximum atomic E-state index is 12.1. The van der Waals surface area contributed by atoms with Crippen molar-refractivity contribution in [1.82, 2.24) is 0 Å². The SMILES string of the molecule is O=C(CC(c1ccccc1)c1ccccc1)OCC(F)(F)F. The topological polar surface area (TPSA) is 26.3 Å². The Morgan fingerprint density at radius 2 is 1.36 bits per heavy atom. The minimum atomic E-state index is -4.51. The smallest absolute Gasteiger partial charge is 0.422 e. The molecule has 2 aromatic carbocycles. The van der Waals surface area contributed by atoms with Crippen LogP contribution in [0.4, 0.5) is 13.2 Å². The Bertz CT molecular complexity index is 555. The molecule has 2 rings (SSSR count). The van der Waals surface area contributed by atoms with Gasteiger partial charge in [-0.3, -0.25) is 4.79 Å². The number of alkyl halides is 3. The van der Waals surface area contributed by atoms with Gasteiger partial charge in [-0.05, 0) is 11.1 Å². The quantitative estimate of drug-likeness (QED) is 0.769. The molecule has 0 N–H and O–H groups in total. The molecule has 0 radical (unpaired) electrons. The van der Waals surface area contributed by atoms with Crippen molar-refractivity contribution in [2.24, 2.45) is 0 Å². The lowest BCUT2D eigenvalue weighted by Gasteiger charge is -2.17. The molecule has 0 fully saturated rings. The van der Waals surface area contributed by atoms with E-state index >= 15 is 0 Å². The first kappa shape index (κ1) is 16.1. The van der Waals surface area contributed by atoms with Gasteiger partial charge in [0.05, 0.1) is 6.42 Å². The number of carbonyl (C=O) groups is 1. The number of carbonyl (C=O) groups excluding carboxylic acids is 1. The molecule has 0 amide bonds. The van der Waals surface area contributed by atoms with Crippen molar-refractivity contribution in [1.29, 1.82) is 0 Å². The average Bonchev–Trinajstić information content (AvgIpc) is 2.52. The number of ether oxygens (including phenoxy) is 1. The van der Waals surface area contributed by atoms with E-state index in [2.05, 4.69) is 4.74 Å². The molecule has 0 saturated heterocycles. The zero-order chi connectivity index (χ0) is 16.0. The molecule has 0 aliphatic carbocycles. The van der Waals surface area contributed by atoms with Gasteiger partial charge in [-0.25, -0.2) is 0 Å². The largest absolute Gasteiger partial charge is 0.456 e. The van der Waals surface area contributed by atoms with Crippen LogP contribution in [0.1, 0.15) is 23.5 Å². The Hall–Kier alpha value is -2.30. The first-order valence-corrected chi connectivity index (χ1v) is 6.78. The van der Waals surface area contributed by atoms with Gasteiger partial charge in [-0.1, -0.05) is 60.7 Å². The summed E-state index contributed by atoms with van der Waals surface area (Å²) in [5.74, 6) is -1.20. The van der Waals surface area contributed by atoms with Crippen LogP contribution < -0.4 is 0 Å². The standard InChI is InChI=1S/C17H15F3O2/c18-17(19,20)12-22-16(21)11-15(13-7-3-1-4-8-13)14-9-5-2-6-10-14/h1-10,15H,11-12H2. The Labute approximate surface area is 126 Å². The van der Waals surface area contributed by atoms with Gasteiger partial charge >= 0.3 is 12.1 Å². The summed E-state index contributed by atoms with van der Waals surface area (Å²) in [5.41, 5.74) is 1.72.